The molecule has 6 heteroatoms. The lowest BCUT2D eigenvalue weighted by Gasteiger charge is -2.08. The molecule has 0 saturated carbocycles. The summed E-state index contributed by atoms with van der Waals surface area (Å²) < 4.78 is 18.3. The lowest BCUT2D eigenvalue weighted by atomic mass is 10.3. The van der Waals surface area contributed by atoms with E-state index >= 15 is 0 Å². The van der Waals surface area contributed by atoms with Crippen molar-refractivity contribution in [2.75, 3.05) is 12.4 Å². The maximum atomic E-state index is 13.5. The third-order valence-corrected chi connectivity index (χ3v) is 2.42. The average Bonchev–Trinajstić information content (AvgIpc) is 2.27. The molecule has 0 bridgehead atoms. The van der Waals surface area contributed by atoms with Gasteiger partial charge >= 0.3 is 0 Å². The summed E-state index contributed by atoms with van der Waals surface area (Å²) in [5.41, 5.74) is 1.29. The van der Waals surface area contributed by atoms with E-state index in [1.54, 1.807) is 19.1 Å². The number of ether oxygens (including phenoxy) is 1. The summed E-state index contributed by atoms with van der Waals surface area (Å²) >= 11 is 5.74. The maximum absolute atomic E-state index is 13.5. The van der Waals surface area contributed by atoms with Crippen LogP contribution in [0, 0.1) is 12.7 Å². The zero-order valence-corrected chi connectivity index (χ0v) is 10.6. The first-order valence-electron chi connectivity index (χ1n) is 5.20. The van der Waals surface area contributed by atoms with Crippen LogP contribution in [0.1, 0.15) is 5.69 Å². The lowest BCUT2D eigenvalue weighted by molar-refractivity contribution is 0.386. The highest BCUT2D eigenvalue weighted by Crippen LogP contribution is 2.23. The highest BCUT2D eigenvalue weighted by molar-refractivity contribution is 6.28. The fourth-order valence-corrected chi connectivity index (χ4v) is 1.71. The highest BCUT2D eigenvalue weighted by atomic mass is 35.5. The molecule has 1 heterocycles. The van der Waals surface area contributed by atoms with E-state index in [0.717, 1.165) is 5.69 Å². The molecule has 1 N–H and O–H groups in total. The molecule has 0 spiro atoms. The smallest absolute Gasteiger partial charge is 0.224 e. The largest absolute Gasteiger partial charge is 0.494 e. The Balaban J connectivity index is 2.25. The zero-order chi connectivity index (χ0) is 13.1. The summed E-state index contributed by atoms with van der Waals surface area (Å²) in [5.74, 6) is 0.258. The molecule has 0 fully saturated rings. The molecule has 4 nitrogen and oxygen atoms in total. The van der Waals surface area contributed by atoms with E-state index in [9.17, 15) is 4.39 Å². The van der Waals surface area contributed by atoms with Crippen LogP contribution < -0.4 is 10.1 Å². The third-order valence-electron chi connectivity index (χ3n) is 2.25. The van der Waals surface area contributed by atoms with Crippen molar-refractivity contribution >= 4 is 23.1 Å². The zero-order valence-electron chi connectivity index (χ0n) is 9.87. The molecule has 1 aromatic carbocycles. The number of benzene rings is 1. The van der Waals surface area contributed by atoms with Gasteiger partial charge in [0.25, 0.3) is 0 Å². The van der Waals surface area contributed by atoms with Crippen LogP contribution in [-0.4, -0.2) is 17.1 Å². The number of hydrogen-bond acceptors (Lipinski definition) is 4. The standard InChI is InChI=1S/C12H11ClFN3O/c1-7-5-11(17-12(13)15-7)16-8-3-4-10(18-2)9(14)6-8/h3-6H,1-2H3,(H,15,16,17). The van der Waals surface area contributed by atoms with E-state index in [1.807, 2.05) is 0 Å². The van der Waals surface area contributed by atoms with Gasteiger partial charge < -0.3 is 10.1 Å². The number of hydrogen-bond donors (Lipinski definition) is 1. The van der Waals surface area contributed by atoms with Gasteiger partial charge in [-0.25, -0.2) is 14.4 Å². The van der Waals surface area contributed by atoms with E-state index in [4.69, 9.17) is 16.3 Å². The molecule has 0 saturated heterocycles. The number of nitrogens with one attached hydrogen (secondary N) is 1. The minimum absolute atomic E-state index is 0.145. The van der Waals surface area contributed by atoms with Crippen LogP contribution in [0.25, 0.3) is 0 Å². The summed E-state index contributed by atoms with van der Waals surface area (Å²) in [6.07, 6.45) is 0. The van der Waals surface area contributed by atoms with Gasteiger partial charge in [-0.15, -0.1) is 0 Å². The van der Waals surface area contributed by atoms with Gasteiger partial charge in [-0.2, -0.15) is 0 Å². The third kappa shape index (κ3) is 2.87. The Morgan fingerprint density at radius 1 is 1.28 bits per heavy atom. The Morgan fingerprint density at radius 2 is 2.06 bits per heavy atom. The monoisotopic (exact) mass is 267 g/mol. The van der Waals surface area contributed by atoms with Crippen molar-refractivity contribution < 1.29 is 9.13 Å². The first-order chi connectivity index (χ1) is 8.58. The molecule has 2 rings (SSSR count). The molecule has 94 valence electrons. The molecule has 0 radical (unpaired) electrons. The van der Waals surface area contributed by atoms with E-state index < -0.39 is 5.82 Å². The molecular formula is C12H11ClFN3O. The Labute approximate surface area is 109 Å². The van der Waals surface area contributed by atoms with Crippen LogP contribution in [0.2, 0.25) is 5.28 Å². The van der Waals surface area contributed by atoms with Gasteiger partial charge in [0.1, 0.15) is 5.82 Å². The van der Waals surface area contributed by atoms with Crippen LogP contribution in [0.15, 0.2) is 24.3 Å². The Morgan fingerprint density at radius 3 is 2.67 bits per heavy atom. The van der Waals surface area contributed by atoms with Crippen molar-refractivity contribution in [2.45, 2.75) is 6.92 Å². The van der Waals surface area contributed by atoms with Gasteiger partial charge in [0, 0.05) is 23.5 Å². The molecule has 1 aromatic heterocycles. The second kappa shape index (κ2) is 5.18. The molecule has 0 aliphatic rings. The second-order valence-corrected chi connectivity index (χ2v) is 3.98. The van der Waals surface area contributed by atoms with Gasteiger partial charge in [-0.1, -0.05) is 0 Å². The number of aromatic nitrogens is 2. The molecule has 2 aromatic rings. The predicted molar refractivity (Wildman–Crippen MR) is 68.0 cm³/mol. The van der Waals surface area contributed by atoms with Crippen molar-refractivity contribution in [1.82, 2.24) is 9.97 Å². The van der Waals surface area contributed by atoms with Gasteiger partial charge in [-0.3, -0.25) is 0 Å². The van der Waals surface area contributed by atoms with Crippen LogP contribution in [0.4, 0.5) is 15.9 Å². The van der Waals surface area contributed by atoms with Gasteiger partial charge in [0.2, 0.25) is 5.28 Å². The van der Waals surface area contributed by atoms with E-state index in [2.05, 4.69) is 15.3 Å². The summed E-state index contributed by atoms with van der Waals surface area (Å²) in [4.78, 5) is 7.93. The van der Waals surface area contributed by atoms with Crippen molar-refractivity contribution in [1.29, 1.82) is 0 Å². The molecule has 0 amide bonds. The lowest BCUT2D eigenvalue weighted by Crippen LogP contribution is -1.97. The SMILES string of the molecule is COc1ccc(Nc2cc(C)nc(Cl)n2)cc1F. The average molecular weight is 268 g/mol. The Hall–Kier alpha value is -1.88. The molecule has 0 unspecified atom stereocenters. The number of methoxy groups -OCH3 is 1. The first-order valence-corrected chi connectivity index (χ1v) is 5.58. The maximum Gasteiger partial charge on any atom is 0.224 e. The van der Waals surface area contributed by atoms with E-state index in [0.29, 0.717) is 11.5 Å². The number of aryl methyl sites for hydroxylation is 1. The number of rotatable bonds is 3. The van der Waals surface area contributed by atoms with Gasteiger partial charge in [0.05, 0.1) is 7.11 Å². The van der Waals surface area contributed by atoms with Crippen LogP contribution in [0.3, 0.4) is 0 Å². The fourth-order valence-electron chi connectivity index (χ4n) is 1.49. The molecular weight excluding hydrogens is 257 g/mol. The minimum atomic E-state index is -0.445. The van der Waals surface area contributed by atoms with Gasteiger partial charge in [0.15, 0.2) is 11.6 Å². The summed E-state index contributed by atoms with van der Waals surface area (Å²) in [6, 6.07) is 6.26. The Bertz CT molecular complexity index is 557. The molecule has 0 aliphatic heterocycles. The normalized spacial score (nSPS) is 10.2. The number of halogens is 2. The second-order valence-electron chi connectivity index (χ2n) is 3.64. The summed E-state index contributed by atoms with van der Waals surface area (Å²) in [7, 11) is 1.42. The summed E-state index contributed by atoms with van der Waals surface area (Å²) in [5, 5.41) is 3.09. The number of nitrogens with zero attached hydrogens (tertiary/aromatic N) is 2. The molecule has 18 heavy (non-hydrogen) atoms. The van der Waals surface area contributed by atoms with Crippen molar-refractivity contribution in [3.8, 4) is 5.75 Å². The van der Waals surface area contributed by atoms with E-state index in [-0.39, 0.29) is 11.0 Å². The molecule has 0 atom stereocenters. The molecule has 0 aliphatic carbocycles. The quantitative estimate of drug-likeness (QED) is 0.867. The minimum Gasteiger partial charge on any atom is -0.494 e. The summed E-state index contributed by atoms with van der Waals surface area (Å²) in [6.45, 7) is 1.80. The van der Waals surface area contributed by atoms with Gasteiger partial charge in [-0.05, 0) is 30.7 Å². The van der Waals surface area contributed by atoms with Crippen LogP contribution in [-0.2, 0) is 0 Å². The first kappa shape index (κ1) is 12.6. The van der Waals surface area contributed by atoms with Crippen molar-refractivity contribution in [2.24, 2.45) is 0 Å². The van der Waals surface area contributed by atoms with Crippen molar-refractivity contribution in [3.05, 3.63) is 41.1 Å². The fraction of sp³-hybridized carbons (Fsp3) is 0.167. The Kier molecular flexibility index (Phi) is 3.62. The number of anilines is 2. The predicted octanol–water partition coefficient (Wildman–Crippen LogP) is 3.33. The van der Waals surface area contributed by atoms with Crippen molar-refractivity contribution in [3.63, 3.8) is 0 Å². The topological polar surface area (TPSA) is 47.0 Å². The van der Waals surface area contributed by atoms with E-state index in [1.165, 1.54) is 19.2 Å². The van der Waals surface area contributed by atoms with Crippen LogP contribution in [0.5, 0.6) is 5.75 Å². The highest BCUT2D eigenvalue weighted by Gasteiger charge is 2.05. The van der Waals surface area contributed by atoms with Crippen LogP contribution >= 0.6 is 11.6 Å².